The van der Waals surface area contributed by atoms with Crippen LogP contribution in [-0.4, -0.2) is 57.2 Å². The zero-order valence-corrected chi connectivity index (χ0v) is 18.5. The molecule has 1 aromatic carbocycles. The van der Waals surface area contributed by atoms with Crippen molar-refractivity contribution in [2.24, 2.45) is 0 Å². The molecule has 0 fully saturated rings. The highest BCUT2D eigenvalue weighted by Crippen LogP contribution is 2.34. The van der Waals surface area contributed by atoms with Crippen molar-refractivity contribution in [3.8, 4) is 5.75 Å². The summed E-state index contributed by atoms with van der Waals surface area (Å²) >= 11 is 0. The van der Waals surface area contributed by atoms with Crippen LogP contribution in [0.3, 0.4) is 0 Å². The topological polar surface area (TPSA) is 115 Å². The third kappa shape index (κ3) is 6.32. The molecular formula is C22H29N3O6. The molecule has 0 bridgehead atoms. The van der Waals surface area contributed by atoms with Crippen molar-refractivity contribution >= 4 is 29.0 Å². The summed E-state index contributed by atoms with van der Waals surface area (Å²) < 4.78 is 15.6. The summed E-state index contributed by atoms with van der Waals surface area (Å²) in [6.45, 7) is 6.05. The highest BCUT2D eigenvalue weighted by Gasteiger charge is 2.31. The number of hydrogen-bond donors (Lipinski definition) is 3. The summed E-state index contributed by atoms with van der Waals surface area (Å²) in [6, 6.07) is 5.11. The molecule has 2 rings (SSSR count). The number of anilines is 1. The number of nitrogens with one attached hydrogen (secondary N) is 3. The maximum atomic E-state index is 12.4. The molecule has 0 radical (unpaired) electrons. The highest BCUT2D eigenvalue weighted by atomic mass is 16.5. The molecule has 1 aliphatic rings. The normalized spacial score (nSPS) is 13.3. The average molecular weight is 431 g/mol. The Balaban J connectivity index is 2.06. The number of benzene rings is 1. The summed E-state index contributed by atoms with van der Waals surface area (Å²) in [7, 11) is 3.05. The Morgan fingerprint density at radius 2 is 1.90 bits per heavy atom. The molecule has 1 aromatic rings. The molecule has 0 saturated carbocycles. The summed E-state index contributed by atoms with van der Waals surface area (Å²) in [6.07, 6.45) is 3.63. The molecule has 31 heavy (non-hydrogen) atoms. The molecule has 1 heterocycles. The molecule has 0 atom stereocenters. The zero-order valence-electron chi connectivity index (χ0n) is 18.5. The van der Waals surface area contributed by atoms with E-state index in [-0.39, 0.29) is 0 Å². The number of ether oxygens (including phenoxy) is 3. The summed E-state index contributed by atoms with van der Waals surface area (Å²) in [4.78, 5) is 36.9. The number of hydrogen-bond acceptors (Lipinski definition) is 6. The van der Waals surface area contributed by atoms with Crippen LogP contribution in [0.15, 0.2) is 36.1 Å². The summed E-state index contributed by atoms with van der Waals surface area (Å²) in [5, 5.41) is 7.59. The van der Waals surface area contributed by atoms with Gasteiger partial charge < -0.3 is 30.2 Å². The van der Waals surface area contributed by atoms with Crippen molar-refractivity contribution in [2.45, 2.75) is 26.3 Å². The molecule has 9 nitrogen and oxygen atoms in total. The maximum absolute atomic E-state index is 12.4. The lowest BCUT2D eigenvalue weighted by Crippen LogP contribution is -2.57. The van der Waals surface area contributed by atoms with Crippen LogP contribution < -0.4 is 20.7 Å². The second kappa shape index (κ2) is 10.6. The van der Waals surface area contributed by atoms with E-state index in [2.05, 4.69) is 16.0 Å². The molecule has 0 unspecified atom stereocenters. The van der Waals surface area contributed by atoms with Gasteiger partial charge in [-0.1, -0.05) is 0 Å². The SMILES string of the molecule is COCCNC(=O)C(C)(C)NC(=O)C(=O)Nc1ccc(C2=CCOC=C2C)c(OC)c1. The smallest absolute Gasteiger partial charge is 0.313 e. The Labute approximate surface area is 181 Å². The Hall–Kier alpha value is -3.33. The average Bonchev–Trinajstić information content (AvgIpc) is 2.74. The van der Waals surface area contributed by atoms with E-state index in [4.69, 9.17) is 14.2 Å². The van der Waals surface area contributed by atoms with Crippen molar-refractivity contribution in [1.29, 1.82) is 0 Å². The van der Waals surface area contributed by atoms with E-state index in [0.717, 1.165) is 16.7 Å². The second-order valence-electron chi connectivity index (χ2n) is 7.45. The molecule has 168 valence electrons. The van der Waals surface area contributed by atoms with Gasteiger partial charge in [-0.3, -0.25) is 14.4 Å². The minimum atomic E-state index is -1.27. The van der Waals surface area contributed by atoms with Crippen molar-refractivity contribution < 1.29 is 28.6 Å². The lowest BCUT2D eigenvalue weighted by molar-refractivity contribution is -0.139. The van der Waals surface area contributed by atoms with Gasteiger partial charge in [0.1, 0.15) is 17.9 Å². The van der Waals surface area contributed by atoms with Crippen LogP contribution in [0.1, 0.15) is 26.3 Å². The minimum Gasteiger partial charge on any atom is -0.497 e. The van der Waals surface area contributed by atoms with Gasteiger partial charge in [0.25, 0.3) is 0 Å². The first-order valence-corrected chi connectivity index (χ1v) is 9.77. The summed E-state index contributed by atoms with van der Waals surface area (Å²) in [5.41, 5.74) is 1.88. The Bertz CT molecular complexity index is 905. The van der Waals surface area contributed by atoms with Crippen LogP contribution in [0.25, 0.3) is 5.57 Å². The Morgan fingerprint density at radius 3 is 2.55 bits per heavy atom. The lowest BCUT2D eigenvalue weighted by Gasteiger charge is -2.24. The van der Waals surface area contributed by atoms with Gasteiger partial charge in [-0.25, -0.2) is 0 Å². The number of methoxy groups -OCH3 is 2. The second-order valence-corrected chi connectivity index (χ2v) is 7.45. The molecule has 0 saturated heterocycles. The van der Waals surface area contributed by atoms with Gasteiger partial charge in [0.05, 0.1) is 20.0 Å². The van der Waals surface area contributed by atoms with Gasteiger partial charge >= 0.3 is 11.8 Å². The number of allylic oxidation sites excluding steroid dienone is 2. The van der Waals surface area contributed by atoms with E-state index in [1.165, 1.54) is 28.1 Å². The molecule has 3 N–H and O–H groups in total. The number of carbonyl (C=O) groups is 3. The number of amides is 3. The highest BCUT2D eigenvalue weighted by molar-refractivity contribution is 6.40. The third-order valence-electron chi connectivity index (χ3n) is 4.61. The van der Waals surface area contributed by atoms with Gasteiger partial charge in [0.15, 0.2) is 0 Å². The quantitative estimate of drug-likeness (QED) is 0.426. The van der Waals surface area contributed by atoms with Gasteiger partial charge in [-0.05, 0) is 50.1 Å². The van der Waals surface area contributed by atoms with E-state index < -0.39 is 23.3 Å². The molecule has 1 aliphatic heterocycles. The monoisotopic (exact) mass is 431 g/mol. The zero-order chi connectivity index (χ0) is 23.0. The van der Waals surface area contributed by atoms with E-state index >= 15 is 0 Å². The fourth-order valence-electron chi connectivity index (χ4n) is 2.92. The first kappa shape index (κ1) is 23.9. The van der Waals surface area contributed by atoms with Crippen molar-refractivity contribution in [2.75, 3.05) is 39.3 Å². The maximum Gasteiger partial charge on any atom is 0.313 e. The third-order valence-corrected chi connectivity index (χ3v) is 4.61. The van der Waals surface area contributed by atoms with E-state index in [1.807, 2.05) is 13.0 Å². The Morgan fingerprint density at radius 1 is 1.16 bits per heavy atom. The number of rotatable bonds is 8. The molecule has 9 heteroatoms. The van der Waals surface area contributed by atoms with Crippen LogP contribution in [0.5, 0.6) is 5.75 Å². The predicted molar refractivity (Wildman–Crippen MR) is 116 cm³/mol. The van der Waals surface area contributed by atoms with Crippen molar-refractivity contribution in [3.63, 3.8) is 0 Å². The fourth-order valence-corrected chi connectivity index (χ4v) is 2.92. The van der Waals surface area contributed by atoms with Crippen LogP contribution in [0.2, 0.25) is 0 Å². The van der Waals surface area contributed by atoms with Crippen LogP contribution in [-0.2, 0) is 23.9 Å². The van der Waals surface area contributed by atoms with Gasteiger partial charge in [-0.2, -0.15) is 0 Å². The molecule has 0 aromatic heterocycles. The molecular weight excluding hydrogens is 402 g/mol. The summed E-state index contributed by atoms with van der Waals surface area (Å²) in [5.74, 6) is -1.71. The van der Waals surface area contributed by atoms with Gasteiger partial charge in [0.2, 0.25) is 5.91 Å². The van der Waals surface area contributed by atoms with Crippen LogP contribution >= 0.6 is 0 Å². The first-order chi connectivity index (χ1) is 14.7. The molecule has 0 spiro atoms. The van der Waals surface area contributed by atoms with Gasteiger partial charge in [-0.15, -0.1) is 0 Å². The predicted octanol–water partition coefficient (Wildman–Crippen LogP) is 1.61. The number of carbonyl (C=O) groups excluding carboxylic acids is 3. The standard InChI is InChI=1S/C22H29N3O6/c1-14-13-31-10-8-16(14)17-7-6-15(12-18(17)30-5)24-19(26)20(27)25-22(2,3)21(28)23-9-11-29-4/h6-8,12-13H,9-11H2,1-5H3,(H,23,28)(H,24,26)(H,25,27). The lowest BCUT2D eigenvalue weighted by atomic mass is 9.97. The Kier molecular flexibility index (Phi) is 8.21. The molecule has 3 amide bonds. The van der Waals surface area contributed by atoms with Crippen LogP contribution in [0.4, 0.5) is 5.69 Å². The molecule has 0 aliphatic carbocycles. The van der Waals surface area contributed by atoms with E-state index in [9.17, 15) is 14.4 Å². The van der Waals surface area contributed by atoms with Gasteiger partial charge in [0, 0.05) is 31.0 Å². The largest absolute Gasteiger partial charge is 0.497 e. The first-order valence-electron chi connectivity index (χ1n) is 9.77. The van der Waals surface area contributed by atoms with Crippen molar-refractivity contribution in [1.82, 2.24) is 10.6 Å². The minimum absolute atomic E-state index is 0.296. The van der Waals surface area contributed by atoms with Crippen molar-refractivity contribution in [3.05, 3.63) is 41.7 Å². The van der Waals surface area contributed by atoms with Crippen LogP contribution in [0, 0.1) is 0 Å². The van der Waals surface area contributed by atoms with E-state index in [1.54, 1.807) is 24.5 Å². The van der Waals surface area contributed by atoms with E-state index in [0.29, 0.717) is 31.2 Å². The fraction of sp³-hybridized carbons (Fsp3) is 0.409.